The number of hydrogen-bond acceptors (Lipinski definition) is 5. The van der Waals surface area contributed by atoms with E-state index in [1.165, 1.54) is 25.0 Å². The fraction of sp³-hybridized carbons (Fsp3) is 0.308. The molecule has 21 heavy (non-hydrogen) atoms. The van der Waals surface area contributed by atoms with Crippen LogP contribution in [0.4, 0.5) is 4.39 Å². The average Bonchev–Trinajstić information content (AvgIpc) is 2.86. The minimum Gasteiger partial charge on any atom is -0.464 e. The van der Waals surface area contributed by atoms with E-state index in [0.29, 0.717) is 11.3 Å². The van der Waals surface area contributed by atoms with Crippen molar-refractivity contribution in [3.8, 4) is 0 Å². The van der Waals surface area contributed by atoms with E-state index in [-0.39, 0.29) is 23.9 Å². The van der Waals surface area contributed by atoms with E-state index in [1.54, 1.807) is 12.1 Å². The first-order valence-electron chi connectivity index (χ1n) is 6.01. The minimum atomic E-state index is -0.625. The van der Waals surface area contributed by atoms with Gasteiger partial charge in [0.25, 0.3) is 0 Å². The maximum atomic E-state index is 13.9. The topological polar surface area (TPSA) is 66.2 Å². The Balaban J connectivity index is 2.38. The highest BCUT2D eigenvalue weighted by molar-refractivity contribution is 6.30. The van der Waals surface area contributed by atoms with Crippen LogP contribution in [-0.4, -0.2) is 35.2 Å². The second-order valence-corrected chi connectivity index (χ2v) is 4.59. The summed E-state index contributed by atoms with van der Waals surface area (Å²) in [5.41, 5.74) is 0.784. The lowest BCUT2D eigenvalue weighted by atomic mass is 10.2. The van der Waals surface area contributed by atoms with Crippen LogP contribution >= 0.6 is 11.6 Å². The number of esters is 1. The van der Waals surface area contributed by atoms with E-state index in [0.717, 1.165) is 0 Å². The highest BCUT2D eigenvalue weighted by atomic mass is 35.5. The molecule has 0 aliphatic carbocycles. The molecular weight excluding hydrogens is 301 g/mol. The van der Waals surface area contributed by atoms with Gasteiger partial charge in [-0.2, -0.15) is 0 Å². The number of halogens is 2. The summed E-state index contributed by atoms with van der Waals surface area (Å²) in [5.74, 6) is -1.16. The van der Waals surface area contributed by atoms with Gasteiger partial charge in [0.05, 0.1) is 31.0 Å². The second kappa shape index (κ2) is 6.64. The molecule has 0 aliphatic rings. The first kappa shape index (κ1) is 15.4. The van der Waals surface area contributed by atoms with Crippen molar-refractivity contribution in [3.05, 3.63) is 46.0 Å². The lowest BCUT2D eigenvalue weighted by Gasteiger charge is -2.08. The second-order valence-electron chi connectivity index (χ2n) is 4.18. The van der Waals surface area contributed by atoms with Gasteiger partial charge >= 0.3 is 5.97 Å². The van der Waals surface area contributed by atoms with Crippen molar-refractivity contribution in [3.63, 3.8) is 0 Å². The van der Waals surface area contributed by atoms with E-state index in [9.17, 15) is 9.18 Å². The average molecular weight is 314 g/mol. The first-order chi connectivity index (χ1) is 10.1. The molecule has 1 heterocycles. The normalized spacial score (nSPS) is 10.7. The predicted molar refractivity (Wildman–Crippen MR) is 72.6 cm³/mol. The molecule has 1 aromatic heterocycles. The number of benzene rings is 1. The molecule has 0 bridgehead atoms. The SMILES string of the molecule is COCc1c(C(=O)OC)nnn1Cc1cccc(Cl)c1F. The molecule has 0 aliphatic heterocycles. The van der Waals surface area contributed by atoms with Crippen molar-refractivity contribution in [1.29, 1.82) is 0 Å². The van der Waals surface area contributed by atoms with Gasteiger partial charge in [-0.15, -0.1) is 5.10 Å². The molecule has 0 saturated heterocycles. The van der Waals surface area contributed by atoms with Gasteiger partial charge in [-0.05, 0) is 6.07 Å². The lowest BCUT2D eigenvalue weighted by molar-refractivity contribution is 0.0588. The number of rotatable bonds is 5. The van der Waals surface area contributed by atoms with Crippen LogP contribution in [0.5, 0.6) is 0 Å². The van der Waals surface area contributed by atoms with Gasteiger partial charge in [-0.3, -0.25) is 0 Å². The summed E-state index contributed by atoms with van der Waals surface area (Å²) in [5, 5.41) is 7.62. The molecule has 0 saturated carbocycles. The Morgan fingerprint density at radius 3 is 2.86 bits per heavy atom. The number of nitrogens with zero attached hydrogens (tertiary/aromatic N) is 3. The quantitative estimate of drug-likeness (QED) is 0.790. The minimum absolute atomic E-state index is 0.0223. The third-order valence-corrected chi connectivity index (χ3v) is 3.14. The van der Waals surface area contributed by atoms with Crippen molar-refractivity contribution in [2.75, 3.05) is 14.2 Å². The van der Waals surface area contributed by atoms with E-state index < -0.39 is 11.8 Å². The molecule has 112 valence electrons. The molecule has 6 nitrogen and oxygen atoms in total. The number of ether oxygens (including phenoxy) is 2. The summed E-state index contributed by atoms with van der Waals surface area (Å²) in [4.78, 5) is 11.6. The Hall–Kier alpha value is -1.99. The third kappa shape index (κ3) is 3.20. The van der Waals surface area contributed by atoms with Crippen LogP contribution in [0.15, 0.2) is 18.2 Å². The van der Waals surface area contributed by atoms with Gasteiger partial charge < -0.3 is 9.47 Å². The van der Waals surface area contributed by atoms with Crippen molar-refractivity contribution in [2.24, 2.45) is 0 Å². The van der Waals surface area contributed by atoms with E-state index >= 15 is 0 Å². The summed E-state index contributed by atoms with van der Waals surface area (Å²) >= 11 is 5.74. The lowest BCUT2D eigenvalue weighted by Crippen LogP contribution is -2.12. The molecule has 2 aromatic rings. The zero-order valence-corrected chi connectivity index (χ0v) is 12.2. The molecule has 0 N–H and O–H groups in total. The van der Waals surface area contributed by atoms with Crippen LogP contribution in [-0.2, 0) is 22.6 Å². The van der Waals surface area contributed by atoms with Crippen LogP contribution in [0.2, 0.25) is 5.02 Å². The molecule has 0 fully saturated rings. The third-order valence-electron chi connectivity index (χ3n) is 2.85. The zero-order chi connectivity index (χ0) is 15.4. The highest BCUT2D eigenvalue weighted by Crippen LogP contribution is 2.19. The monoisotopic (exact) mass is 313 g/mol. The summed E-state index contributed by atoms with van der Waals surface area (Å²) in [6, 6.07) is 4.67. The Kier molecular flexibility index (Phi) is 4.87. The Morgan fingerprint density at radius 2 is 2.19 bits per heavy atom. The van der Waals surface area contributed by atoms with Crippen LogP contribution in [0.1, 0.15) is 21.7 Å². The molecule has 0 atom stereocenters. The molecule has 0 amide bonds. The standard InChI is InChI=1S/C13H13ClFN3O3/c1-20-7-10-12(13(19)21-2)16-17-18(10)6-8-4-3-5-9(14)11(8)15/h3-5H,6-7H2,1-2H3. The fourth-order valence-corrected chi connectivity index (χ4v) is 2.02. The van der Waals surface area contributed by atoms with Gasteiger partial charge in [0, 0.05) is 12.7 Å². The Morgan fingerprint density at radius 1 is 1.43 bits per heavy atom. The highest BCUT2D eigenvalue weighted by Gasteiger charge is 2.21. The largest absolute Gasteiger partial charge is 0.464 e. The Bertz CT molecular complexity index is 660. The number of carbonyl (C=O) groups is 1. The van der Waals surface area contributed by atoms with E-state index in [1.807, 2.05) is 0 Å². The number of aromatic nitrogens is 3. The summed E-state index contributed by atoms with van der Waals surface area (Å²) in [7, 11) is 2.72. The van der Waals surface area contributed by atoms with Crippen molar-refractivity contribution < 1.29 is 18.7 Å². The number of carbonyl (C=O) groups excluding carboxylic acids is 1. The van der Waals surface area contributed by atoms with Crippen molar-refractivity contribution in [2.45, 2.75) is 13.2 Å². The van der Waals surface area contributed by atoms with Crippen molar-refractivity contribution >= 4 is 17.6 Å². The molecule has 2 rings (SSSR count). The molecule has 1 aromatic carbocycles. The van der Waals surface area contributed by atoms with Crippen LogP contribution in [0.3, 0.4) is 0 Å². The zero-order valence-electron chi connectivity index (χ0n) is 11.5. The molecule has 0 radical (unpaired) electrons. The first-order valence-corrected chi connectivity index (χ1v) is 6.38. The van der Waals surface area contributed by atoms with Crippen molar-refractivity contribution in [1.82, 2.24) is 15.0 Å². The maximum Gasteiger partial charge on any atom is 0.360 e. The van der Waals surface area contributed by atoms with Crippen LogP contribution in [0.25, 0.3) is 0 Å². The summed E-state index contributed by atoms with van der Waals surface area (Å²) in [6.45, 7) is 0.175. The van der Waals surface area contributed by atoms with E-state index in [2.05, 4.69) is 15.0 Å². The number of methoxy groups -OCH3 is 2. The smallest absolute Gasteiger partial charge is 0.360 e. The van der Waals surface area contributed by atoms with Gasteiger partial charge in [0.15, 0.2) is 5.69 Å². The van der Waals surface area contributed by atoms with E-state index in [4.69, 9.17) is 16.3 Å². The maximum absolute atomic E-state index is 13.9. The van der Waals surface area contributed by atoms with Crippen LogP contribution in [0, 0.1) is 5.82 Å². The molecule has 8 heteroatoms. The van der Waals surface area contributed by atoms with Gasteiger partial charge in [0.1, 0.15) is 5.82 Å². The predicted octanol–water partition coefficient (Wildman–Crippen LogP) is 2.05. The number of hydrogen-bond donors (Lipinski definition) is 0. The summed E-state index contributed by atoms with van der Waals surface area (Å²) < 4.78 is 24.9. The Labute approximate surface area is 125 Å². The van der Waals surface area contributed by atoms with Gasteiger partial charge in [-0.25, -0.2) is 13.9 Å². The molecule has 0 unspecified atom stereocenters. The fourth-order valence-electron chi connectivity index (χ4n) is 1.83. The van der Waals surface area contributed by atoms with Crippen LogP contribution < -0.4 is 0 Å². The van der Waals surface area contributed by atoms with Gasteiger partial charge in [-0.1, -0.05) is 28.9 Å². The molecule has 0 spiro atoms. The van der Waals surface area contributed by atoms with Gasteiger partial charge in [0.2, 0.25) is 0 Å². The summed E-state index contributed by atoms with van der Waals surface area (Å²) in [6.07, 6.45) is 0. The molecular formula is C13H13ClFN3O3.